The minimum atomic E-state index is -0.233. The lowest BCUT2D eigenvalue weighted by atomic mass is 10.1. The van der Waals surface area contributed by atoms with Crippen molar-refractivity contribution in [1.82, 2.24) is 24.9 Å². The van der Waals surface area contributed by atoms with Gasteiger partial charge in [0.25, 0.3) is 0 Å². The van der Waals surface area contributed by atoms with E-state index in [-0.39, 0.29) is 30.1 Å². The number of piperazine rings is 1. The first kappa shape index (κ1) is 24.0. The van der Waals surface area contributed by atoms with Gasteiger partial charge in [0.2, 0.25) is 0 Å². The standard InChI is InChI=1S/C21H30N6O2.HI/c1-3-22-20(25-11-13-26(14-12-25)21(28)29-4-2)23-16-18-7-5-8-19(15-18)17-27-10-6-9-24-27;/h5-10,15H,3-4,11-14,16-17H2,1-2H3,(H,22,23);1H. The van der Waals surface area contributed by atoms with Gasteiger partial charge in [0.05, 0.1) is 19.7 Å². The molecule has 30 heavy (non-hydrogen) atoms. The highest BCUT2D eigenvalue weighted by atomic mass is 127. The molecule has 1 N–H and O–H groups in total. The van der Waals surface area contributed by atoms with Gasteiger partial charge in [-0.25, -0.2) is 9.79 Å². The van der Waals surface area contributed by atoms with Gasteiger partial charge in [-0.05, 0) is 31.0 Å². The van der Waals surface area contributed by atoms with Gasteiger partial charge in [-0.3, -0.25) is 4.68 Å². The second-order valence-corrected chi connectivity index (χ2v) is 6.87. The first-order valence-electron chi connectivity index (χ1n) is 10.2. The Morgan fingerprint density at radius 3 is 2.53 bits per heavy atom. The summed E-state index contributed by atoms with van der Waals surface area (Å²) in [5.41, 5.74) is 2.37. The van der Waals surface area contributed by atoms with Crippen LogP contribution in [-0.4, -0.2) is 71.0 Å². The Hall–Kier alpha value is -2.30. The van der Waals surface area contributed by atoms with Crippen molar-refractivity contribution in [2.45, 2.75) is 26.9 Å². The maximum absolute atomic E-state index is 11.9. The van der Waals surface area contributed by atoms with Gasteiger partial charge >= 0.3 is 6.09 Å². The molecule has 1 aliphatic rings. The minimum absolute atomic E-state index is 0. The van der Waals surface area contributed by atoms with Crippen molar-refractivity contribution in [3.63, 3.8) is 0 Å². The van der Waals surface area contributed by atoms with E-state index in [2.05, 4.69) is 46.5 Å². The summed E-state index contributed by atoms with van der Waals surface area (Å²) in [7, 11) is 0. The van der Waals surface area contributed by atoms with Crippen LogP contribution in [0.5, 0.6) is 0 Å². The summed E-state index contributed by atoms with van der Waals surface area (Å²) in [5, 5.41) is 7.64. The van der Waals surface area contributed by atoms with Gasteiger partial charge in [-0.1, -0.05) is 24.3 Å². The summed E-state index contributed by atoms with van der Waals surface area (Å²) in [5.74, 6) is 0.883. The van der Waals surface area contributed by atoms with Crippen molar-refractivity contribution in [2.75, 3.05) is 39.3 Å². The van der Waals surface area contributed by atoms with E-state index in [9.17, 15) is 4.79 Å². The zero-order valence-electron chi connectivity index (χ0n) is 17.7. The first-order chi connectivity index (χ1) is 14.2. The Morgan fingerprint density at radius 2 is 1.87 bits per heavy atom. The van der Waals surface area contributed by atoms with Crippen LogP contribution < -0.4 is 5.32 Å². The third-order valence-corrected chi connectivity index (χ3v) is 4.75. The van der Waals surface area contributed by atoms with Crippen molar-refractivity contribution in [2.24, 2.45) is 4.99 Å². The number of guanidine groups is 1. The van der Waals surface area contributed by atoms with Gasteiger partial charge in [-0.2, -0.15) is 5.10 Å². The lowest BCUT2D eigenvalue weighted by Crippen LogP contribution is -2.53. The molecule has 3 rings (SSSR count). The molecule has 0 saturated carbocycles. The van der Waals surface area contributed by atoms with Gasteiger partial charge in [0, 0.05) is 45.1 Å². The van der Waals surface area contributed by atoms with Gasteiger partial charge < -0.3 is 19.9 Å². The SMILES string of the molecule is CCNC(=NCc1cccc(Cn2cccn2)c1)N1CCN(C(=O)OCC)CC1.I. The van der Waals surface area contributed by atoms with Crippen LogP contribution in [0, 0.1) is 0 Å². The number of carbonyl (C=O) groups excluding carboxylic acids is 1. The van der Waals surface area contributed by atoms with E-state index in [4.69, 9.17) is 9.73 Å². The van der Waals surface area contributed by atoms with E-state index in [0.29, 0.717) is 26.2 Å². The number of halogens is 1. The number of nitrogens with one attached hydrogen (secondary N) is 1. The van der Waals surface area contributed by atoms with E-state index in [1.54, 1.807) is 11.1 Å². The van der Waals surface area contributed by atoms with Crippen LogP contribution in [0.15, 0.2) is 47.7 Å². The minimum Gasteiger partial charge on any atom is -0.450 e. The van der Waals surface area contributed by atoms with Crippen LogP contribution in [-0.2, 0) is 17.8 Å². The number of aromatic nitrogens is 2. The van der Waals surface area contributed by atoms with Crippen molar-refractivity contribution < 1.29 is 9.53 Å². The Bertz CT molecular complexity index is 804. The maximum Gasteiger partial charge on any atom is 0.409 e. The fourth-order valence-corrected chi connectivity index (χ4v) is 3.31. The summed E-state index contributed by atoms with van der Waals surface area (Å²) in [4.78, 5) is 20.7. The molecule has 1 aromatic heterocycles. The molecular formula is C21H31IN6O2. The van der Waals surface area contributed by atoms with Crippen molar-refractivity contribution in [1.29, 1.82) is 0 Å². The number of hydrogen-bond acceptors (Lipinski definition) is 4. The molecule has 2 heterocycles. The highest BCUT2D eigenvalue weighted by molar-refractivity contribution is 14.0. The molecule has 0 radical (unpaired) electrons. The van der Waals surface area contributed by atoms with Crippen LogP contribution in [0.4, 0.5) is 4.79 Å². The number of nitrogens with zero attached hydrogens (tertiary/aromatic N) is 5. The van der Waals surface area contributed by atoms with E-state index in [1.165, 1.54) is 5.56 Å². The summed E-state index contributed by atoms with van der Waals surface area (Å²) in [6.07, 6.45) is 3.52. The largest absolute Gasteiger partial charge is 0.450 e. The lowest BCUT2D eigenvalue weighted by Gasteiger charge is -2.35. The maximum atomic E-state index is 11.9. The summed E-state index contributed by atoms with van der Waals surface area (Å²) in [6.45, 7) is 9.22. The van der Waals surface area contributed by atoms with Gasteiger partial charge in [0.15, 0.2) is 5.96 Å². The summed E-state index contributed by atoms with van der Waals surface area (Å²) < 4.78 is 7.01. The Balaban J connectivity index is 0.00000320. The van der Waals surface area contributed by atoms with Crippen molar-refractivity contribution >= 4 is 36.0 Å². The molecule has 1 saturated heterocycles. The molecule has 9 heteroatoms. The van der Waals surface area contributed by atoms with Crippen molar-refractivity contribution in [3.05, 3.63) is 53.9 Å². The van der Waals surface area contributed by atoms with Crippen LogP contribution >= 0.6 is 24.0 Å². The van der Waals surface area contributed by atoms with E-state index in [1.807, 2.05) is 23.9 Å². The van der Waals surface area contributed by atoms with Crippen LogP contribution in [0.25, 0.3) is 0 Å². The lowest BCUT2D eigenvalue weighted by molar-refractivity contribution is 0.0914. The first-order valence-corrected chi connectivity index (χ1v) is 10.2. The highest BCUT2D eigenvalue weighted by Gasteiger charge is 2.23. The monoisotopic (exact) mass is 526 g/mol. The van der Waals surface area contributed by atoms with Crippen LogP contribution in [0.3, 0.4) is 0 Å². The average Bonchev–Trinajstić information content (AvgIpc) is 3.25. The zero-order valence-corrected chi connectivity index (χ0v) is 20.0. The zero-order chi connectivity index (χ0) is 20.5. The van der Waals surface area contributed by atoms with E-state index >= 15 is 0 Å². The number of hydrogen-bond donors (Lipinski definition) is 1. The fraction of sp³-hybridized carbons (Fsp3) is 0.476. The van der Waals surface area contributed by atoms with Crippen molar-refractivity contribution in [3.8, 4) is 0 Å². The molecule has 0 bridgehead atoms. The second kappa shape index (κ2) is 12.4. The average molecular weight is 526 g/mol. The number of carbonyl (C=O) groups is 1. The summed E-state index contributed by atoms with van der Waals surface area (Å²) in [6, 6.07) is 10.4. The van der Waals surface area contributed by atoms with Crippen LogP contribution in [0.1, 0.15) is 25.0 Å². The molecule has 1 aromatic carbocycles. The van der Waals surface area contributed by atoms with Gasteiger partial charge in [0.1, 0.15) is 0 Å². The summed E-state index contributed by atoms with van der Waals surface area (Å²) >= 11 is 0. The third kappa shape index (κ3) is 6.89. The number of ether oxygens (including phenoxy) is 1. The second-order valence-electron chi connectivity index (χ2n) is 6.87. The molecule has 8 nitrogen and oxygen atoms in total. The topological polar surface area (TPSA) is 75.0 Å². The number of rotatable bonds is 6. The van der Waals surface area contributed by atoms with Gasteiger partial charge in [-0.15, -0.1) is 24.0 Å². The number of amides is 1. The molecule has 0 unspecified atom stereocenters. The molecular weight excluding hydrogens is 495 g/mol. The van der Waals surface area contributed by atoms with E-state index < -0.39 is 0 Å². The molecule has 164 valence electrons. The number of aliphatic imine (C=N–C) groups is 1. The molecule has 1 aliphatic heterocycles. The molecule has 2 aromatic rings. The van der Waals surface area contributed by atoms with E-state index in [0.717, 1.165) is 37.7 Å². The third-order valence-electron chi connectivity index (χ3n) is 4.75. The molecule has 0 spiro atoms. The predicted molar refractivity (Wildman–Crippen MR) is 128 cm³/mol. The Morgan fingerprint density at radius 1 is 1.13 bits per heavy atom. The van der Waals surface area contributed by atoms with Crippen LogP contribution in [0.2, 0.25) is 0 Å². The Kier molecular flexibility index (Phi) is 9.92. The smallest absolute Gasteiger partial charge is 0.409 e. The molecule has 0 atom stereocenters. The molecule has 0 aliphatic carbocycles. The normalized spacial score (nSPS) is 14.3. The highest BCUT2D eigenvalue weighted by Crippen LogP contribution is 2.10. The molecule has 1 amide bonds. The quantitative estimate of drug-likeness (QED) is 0.356. The fourth-order valence-electron chi connectivity index (χ4n) is 3.31. The molecule has 1 fully saturated rings. The number of benzene rings is 1. The predicted octanol–water partition coefficient (Wildman–Crippen LogP) is 2.79. The Labute approximate surface area is 195 Å².